The molecule has 19 nitrogen and oxygen atoms in total. The van der Waals surface area contributed by atoms with Crippen molar-refractivity contribution in [3.05, 3.63) is 41.8 Å². The summed E-state index contributed by atoms with van der Waals surface area (Å²) in [5.74, 6) is -1.72. The van der Waals surface area contributed by atoms with Crippen LogP contribution in [-0.4, -0.2) is 84.7 Å². The number of azide groups is 4. The van der Waals surface area contributed by atoms with E-state index in [-0.39, 0.29) is 6.42 Å². The van der Waals surface area contributed by atoms with E-state index in [2.05, 4.69) is 40.1 Å². The van der Waals surface area contributed by atoms with Crippen LogP contribution >= 0.6 is 0 Å². The fourth-order valence-electron chi connectivity index (χ4n) is 3.95. The summed E-state index contributed by atoms with van der Waals surface area (Å²) < 4.78 is 36.7. The quantitative estimate of drug-likeness (QED) is 0.208. The molecule has 0 spiro atoms. The Hall–Kier alpha value is -4.01. The molecule has 0 unspecified atom stereocenters. The van der Waals surface area contributed by atoms with Crippen molar-refractivity contribution >= 4 is 11.9 Å². The number of esters is 2. The second-order valence-corrected chi connectivity index (χ2v) is 7.62. The van der Waals surface area contributed by atoms with Gasteiger partial charge in [-0.2, -0.15) is 0 Å². The van der Waals surface area contributed by atoms with Gasteiger partial charge in [0.15, 0.2) is 18.6 Å². The molecule has 0 aromatic rings. The number of alkyl halides is 1. The summed E-state index contributed by atoms with van der Waals surface area (Å²) in [4.78, 5) is 33.4. The summed E-state index contributed by atoms with van der Waals surface area (Å²) in [7, 11) is 0. The van der Waals surface area contributed by atoms with Crippen molar-refractivity contribution in [2.75, 3.05) is 6.54 Å². The molecule has 1 N–H and O–H groups in total. The molecular weight excluding hydrogens is 491 g/mol. The van der Waals surface area contributed by atoms with Gasteiger partial charge in [-0.1, -0.05) is 20.5 Å². The Labute approximate surface area is 200 Å². The largest absolute Gasteiger partial charge is 0.459 e. The fraction of sp³-hybridized carbons (Fsp3) is 0.875. The topological polar surface area (TPSA) is 286 Å². The third-order valence-corrected chi connectivity index (χ3v) is 5.31. The normalized spacial score (nSPS) is 35.4. The summed E-state index contributed by atoms with van der Waals surface area (Å²) >= 11 is 0. The zero-order chi connectivity index (χ0) is 26.8. The maximum Gasteiger partial charge on any atom is 0.303 e. The highest BCUT2D eigenvalue weighted by Gasteiger charge is 2.52. The first-order chi connectivity index (χ1) is 17.2. The third kappa shape index (κ3) is 6.78. The van der Waals surface area contributed by atoms with E-state index in [1.807, 2.05) is 0 Å². The van der Waals surface area contributed by atoms with Gasteiger partial charge in [-0.05, 0) is 28.5 Å². The lowest BCUT2D eigenvalue weighted by atomic mass is 9.84. The predicted molar refractivity (Wildman–Crippen MR) is 113 cm³/mol. The highest BCUT2D eigenvalue weighted by Crippen LogP contribution is 2.35. The van der Waals surface area contributed by atoms with E-state index >= 15 is 4.39 Å². The van der Waals surface area contributed by atoms with E-state index in [0.717, 1.165) is 13.8 Å². The first-order valence-electron chi connectivity index (χ1n) is 10.3. The average molecular weight is 512 g/mol. The number of aliphatic hydroxyl groups excluding tert-OH is 1. The number of nitrogens with zero attached hydrogens (tertiary/aromatic N) is 12. The number of rotatable bonds is 9. The molecule has 1 saturated heterocycles. The molecule has 2 fully saturated rings. The van der Waals surface area contributed by atoms with Gasteiger partial charge in [0.2, 0.25) is 0 Å². The van der Waals surface area contributed by atoms with Gasteiger partial charge in [-0.3, -0.25) is 9.59 Å². The Morgan fingerprint density at radius 2 is 1.50 bits per heavy atom. The number of carbonyl (C=O) groups excluding carboxylic acids is 2. The highest BCUT2D eigenvalue weighted by atomic mass is 19.1. The molecular formula is C16H21FN12O7. The Kier molecular flexibility index (Phi) is 10.3. The Morgan fingerprint density at radius 3 is 2.03 bits per heavy atom. The molecule has 20 heteroatoms. The minimum Gasteiger partial charge on any atom is -0.459 e. The van der Waals surface area contributed by atoms with Crippen LogP contribution in [-0.2, 0) is 28.5 Å². The molecule has 0 amide bonds. The molecule has 1 heterocycles. The van der Waals surface area contributed by atoms with Crippen molar-refractivity contribution in [3.63, 3.8) is 0 Å². The van der Waals surface area contributed by atoms with Crippen molar-refractivity contribution in [2.45, 2.75) is 81.4 Å². The Bertz CT molecular complexity index is 1020. The van der Waals surface area contributed by atoms with E-state index in [4.69, 9.17) is 41.1 Å². The number of carbonyl (C=O) groups is 2. The molecule has 2 aliphatic rings. The standard InChI is InChI=1S/C16H21FN12O7/c1-5(30)33-13-7(23-27-19)3-8(24-28-20)14(12(13)32)36-16-11(25-29-21)10(17)15(34-6(2)31)9(35-16)4-22-26-18/h7-16,32H,3-4H2,1-2H3/t7-,8+,9-,10-,11-,12-,13+,14-,15+,16-/m1/s1. The van der Waals surface area contributed by atoms with Crippen molar-refractivity contribution in [1.82, 2.24) is 0 Å². The first-order valence-corrected chi connectivity index (χ1v) is 10.3. The summed E-state index contributed by atoms with van der Waals surface area (Å²) in [6.07, 6.45) is -12.0. The van der Waals surface area contributed by atoms with E-state index in [1.54, 1.807) is 0 Å². The van der Waals surface area contributed by atoms with Crippen molar-refractivity contribution in [3.8, 4) is 0 Å². The molecule has 0 radical (unpaired) electrons. The maximum atomic E-state index is 15.4. The molecule has 0 aromatic carbocycles. The van der Waals surface area contributed by atoms with Crippen molar-refractivity contribution < 1.29 is 38.0 Å². The third-order valence-electron chi connectivity index (χ3n) is 5.31. The summed E-state index contributed by atoms with van der Waals surface area (Å²) in [6.45, 7) is 1.53. The van der Waals surface area contributed by atoms with E-state index in [1.165, 1.54) is 0 Å². The first kappa shape index (κ1) is 28.2. The molecule has 36 heavy (non-hydrogen) atoms. The van der Waals surface area contributed by atoms with Gasteiger partial charge in [0.25, 0.3) is 0 Å². The second kappa shape index (κ2) is 13.2. The molecule has 1 saturated carbocycles. The molecule has 194 valence electrons. The van der Waals surface area contributed by atoms with E-state index in [9.17, 15) is 14.7 Å². The van der Waals surface area contributed by atoms with Gasteiger partial charge < -0.3 is 24.1 Å². The summed E-state index contributed by atoms with van der Waals surface area (Å²) in [5.41, 5.74) is 35.4. The number of halogens is 1. The Morgan fingerprint density at radius 1 is 0.944 bits per heavy atom. The summed E-state index contributed by atoms with van der Waals surface area (Å²) in [6, 6.07) is -4.16. The van der Waals surface area contributed by atoms with Crippen molar-refractivity contribution in [2.24, 2.45) is 20.5 Å². The van der Waals surface area contributed by atoms with Crippen molar-refractivity contribution in [1.29, 1.82) is 0 Å². The van der Waals surface area contributed by atoms with Crippen LogP contribution in [0, 0.1) is 0 Å². The van der Waals surface area contributed by atoms with Gasteiger partial charge in [0, 0.05) is 33.5 Å². The zero-order valence-corrected chi connectivity index (χ0v) is 18.8. The lowest BCUT2D eigenvalue weighted by Gasteiger charge is -2.46. The lowest BCUT2D eigenvalue weighted by molar-refractivity contribution is -0.283. The minimum absolute atomic E-state index is 0.246. The highest BCUT2D eigenvalue weighted by molar-refractivity contribution is 5.66. The molecule has 0 aromatic heterocycles. The number of ether oxygens (including phenoxy) is 4. The molecule has 0 bridgehead atoms. The van der Waals surface area contributed by atoms with Gasteiger partial charge in [0.05, 0.1) is 24.7 Å². The van der Waals surface area contributed by atoms with Crippen LogP contribution in [0.15, 0.2) is 20.5 Å². The maximum absolute atomic E-state index is 15.4. The minimum atomic E-state index is -2.21. The monoisotopic (exact) mass is 512 g/mol. The van der Waals surface area contributed by atoms with Crippen LogP contribution in [0.3, 0.4) is 0 Å². The Balaban J connectivity index is 2.46. The smallest absolute Gasteiger partial charge is 0.303 e. The van der Waals surface area contributed by atoms with Crippen LogP contribution in [0.25, 0.3) is 41.8 Å². The fourth-order valence-corrected chi connectivity index (χ4v) is 3.95. The lowest BCUT2D eigenvalue weighted by Crippen LogP contribution is -2.62. The average Bonchev–Trinajstić information content (AvgIpc) is 2.81. The van der Waals surface area contributed by atoms with E-state index in [0.29, 0.717) is 0 Å². The van der Waals surface area contributed by atoms with Crippen LogP contribution in [0.4, 0.5) is 4.39 Å². The van der Waals surface area contributed by atoms with Crippen LogP contribution in [0.1, 0.15) is 20.3 Å². The number of hydrogen-bond acceptors (Lipinski definition) is 11. The molecule has 2 rings (SSSR count). The van der Waals surface area contributed by atoms with Crippen LogP contribution in [0.2, 0.25) is 0 Å². The van der Waals surface area contributed by atoms with Gasteiger partial charge in [-0.15, -0.1) is 0 Å². The van der Waals surface area contributed by atoms with Crippen LogP contribution < -0.4 is 0 Å². The number of hydrogen-bond donors (Lipinski definition) is 1. The van der Waals surface area contributed by atoms with Crippen LogP contribution in [0.5, 0.6) is 0 Å². The zero-order valence-electron chi connectivity index (χ0n) is 18.8. The molecule has 10 atom stereocenters. The molecule has 1 aliphatic carbocycles. The number of aliphatic hydroxyl groups is 1. The molecule has 1 aliphatic heterocycles. The van der Waals surface area contributed by atoms with Gasteiger partial charge in [-0.25, -0.2) is 4.39 Å². The van der Waals surface area contributed by atoms with Gasteiger partial charge in [0.1, 0.15) is 24.4 Å². The summed E-state index contributed by atoms with van der Waals surface area (Å²) in [5, 5.41) is 24.5. The second-order valence-electron chi connectivity index (χ2n) is 7.62. The predicted octanol–water partition coefficient (Wildman–Crippen LogP) is 2.41. The van der Waals surface area contributed by atoms with E-state index < -0.39 is 79.6 Å². The van der Waals surface area contributed by atoms with Gasteiger partial charge >= 0.3 is 11.9 Å². The SMILES string of the molecule is CC(=O)O[C@@H]1[C@@H](O)[C@H](O[C@H]2O[C@H](CN=[N+]=[N-])[C@H](OC(C)=O)[C@H](F)[C@H]2N=[N+]=[N-])[C@@H](N=[N+]=[N-])C[C@H]1N=[N+]=[N-].